The van der Waals surface area contributed by atoms with Gasteiger partial charge in [0.15, 0.2) is 0 Å². The Balaban J connectivity index is 1.65. The number of aromatic nitrogens is 2. The average molecular weight is 335 g/mol. The van der Waals surface area contributed by atoms with Crippen LogP contribution in [0.15, 0.2) is 71.8 Å². The molecule has 0 spiro atoms. The molecule has 126 valence electrons. The van der Waals surface area contributed by atoms with Crippen LogP contribution in [0.1, 0.15) is 15.9 Å². The molecule has 0 saturated heterocycles. The molecule has 0 unspecified atom stereocenters. The van der Waals surface area contributed by atoms with Gasteiger partial charge in [0.1, 0.15) is 5.75 Å². The number of hydrogen-bond donors (Lipinski definition) is 1. The Morgan fingerprint density at radius 1 is 1.16 bits per heavy atom. The largest absolute Gasteiger partial charge is 0.439 e. The second-order valence-corrected chi connectivity index (χ2v) is 5.46. The smallest absolute Gasteiger partial charge is 0.251 e. The summed E-state index contributed by atoms with van der Waals surface area (Å²) in [5, 5.41) is 2.78. The molecular formula is C19H17N3O3. The lowest BCUT2D eigenvalue weighted by atomic mass is 10.2. The van der Waals surface area contributed by atoms with E-state index in [0.29, 0.717) is 23.7 Å². The van der Waals surface area contributed by atoms with Gasteiger partial charge in [-0.25, -0.2) is 4.98 Å². The van der Waals surface area contributed by atoms with Crippen molar-refractivity contribution in [1.82, 2.24) is 14.9 Å². The fourth-order valence-electron chi connectivity index (χ4n) is 2.20. The van der Waals surface area contributed by atoms with Crippen molar-refractivity contribution in [3.63, 3.8) is 0 Å². The summed E-state index contributed by atoms with van der Waals surface area (Å²) in [5.41, 5.74) is 0.950. The molecule has 3 aromatic rings. The average Bonchev–Trinajstić information content (AvgIpc) is 2.63. The number of aryl methyl sites for hydroxylation is 1. The van der Waals surface area contributed by atoms with E-state index in [9.17, 15) is 9.59 Å². The molecule has 2 aromatic heterocycles. The Bertz CT molecular complexity index is 936. The summed E-state index contributed by atoms with van der Waals surface area (Å²) in [6.45, 7) is 0.307. The molecule has 0 saturated carbocycles. The lowest BCUT2D eigenvalue weighted by Crippen LogP contribution is -2.25. The van der Waals surface area contributed by atoms with E-state index in [1.807, 2.05) is 30.3 Å². The van der Waals surface area contributed by atoms with Gasteiger partial charge in [-0.2, -0.15) is 0 Å². The van der Waals surface area contributed by atoms with Gasteiger partial charge >= 0.3 is 0 Å². The maximum Gasteiger partial charge on any atom is 0.251 e. The first-order valence-corrected chi connectivity index (χ1v) is 7.74. The van der Waals surface area contributed by atoms with E-state index < -0.39 is 0 Å². The number of ether oxygens (including phenoxy) is 1. The maximum atomic E-state index is 12.2. The van der Waals surface area contributed by atoms with Crippen molar-refractivity contribution in [3.8, 4) is 11.6 Å². The van der Waals surface area contributed by atoms with Crippen molar-refractivity contribution in [2.45, 2.75) is 6.54 Å². The fourth-order valence-corrected chi connectivity index (χ4v) is 2.20. The first kappa shape index (κ1) is 16.4. The Kier molecular flexibility index (Phi) is 4.89. The van der Waals surface area contributed by atoms with Gasteiger partial charge in [-0.15, -0.1) is 0 Å². The summed E-state index contributed by atoms with van der Waals surface area (Å²) in [4.78, 5) is 27.9. The molecular weight excluding hydrogens is 318 g/mol. The van der Waals surface area contributed by atoms with E-state index in [-0.39, 0.29) is 11.5 Å². The first-order valence-electron chi connectivity index (χ1n) is 7.74. The Morgan fingerprint density at radius 3 is 2.72 bits per heavy atom. The Labute approximate surface area is 144 Å². The van der Waals surface area contributed by atoms with Crippen molar-refractivity contribution in [3.05, 3.63) is 88.5 Å². The minimum Gasteiger partial charge on any atom is -0.439 e. The summed E-state index contributed by atoms with van der Waals surface area (Å²) in [7, 11) is 1.63. The van der Waals surface area contributed by atoms with E-state index in [1.165, 1.54) is 10.6 Å². The number of nitrogens with one attached hydrogen (secondary N) is 1. The summed E-state index contributed by atoms with van der Waals surface area (Å²) in [6.07, 6.45) is 3.19. The molecule has 1 amide bonds. The van der Waals surface area contributed by atoms with Gasteiger partial charge in [0, 0.05) is 43.7 Å². The first-order chi connectivity index (χ1) is 12.1. The highest BCUT2D eigenvalue weighted by atomic mass is 16.5. The predicted molar refractivity (Wildman–Crippen MR) is 93.6 cm³/mol. The van der Waals surface area contributed by atoms with E-state index in [2.05, 4.69) is 10.3 Å². The van der Waals surface area contributed by atoms with Gasteiger partial charge in [-0.1, -0.05) is 18.2 Å². The molecule has 6 nitrogen and oxygen atoms in total. The number of pyridine rings is 2. The van der Waals surface area contributed by atoms with Crippen LogP contribution in [0.2, 0.25) is 0 Å². The molecule has 6 heteroatoms. The third-order valence-electron chi connectivity index (χ3n) is 3.58. The molecule has 0 atom stereocenters. The van der Waals surface area contributed by atoms with Gasteiger partial charge < -0.3 is 14.6 Å². The van der Waals surface area contributed by atoms with Gasteiger partial charge in [0.25, 0.3) is 11.5 Å². The van der Waals surface area contributed by atoms with Crippen LogP contribution in [0.5, 0.6) is 11.6 Å². The zero-order valence-electron chi connectivity index (χ0n) is 13.7. The highest BCUT2D eigenvalue weighted by Crippen LogP contribution is 2.19. The lowest BCUT2D eigenvalue weighted by Gasteiger charge is -2.08. The van der Waals surface area contributed by atoms with Gasteiger partial charge in [-0.3, -0.25) is 9.59 Å². The molecule has 0 aliphatic heterocycles. The van der Waals surface area contributed by atoms with Crippen LogP contribution < -0.4 is 15.6 Å². The number of carbonyl (C=O) groups excluding carboxylic acids is 1. The van der Waals surface area contributed by atoms with E-state index in [4.69, 9.17) is 4.74 Å². The van der Waals surface area contributed by atoms with Crippen LogP contribution in [0.4, 0.5) is 0 Å². The van der Waals surface area contributed by atoms with Crippen LogP contribution in [0.3, 0.4) is 0 Å². The summed E-state index contributed by atoms with van der Waals surface area (Å²) < 4.78 is 7.08. The summed E-state index contributed by atoms with van der Waals surface area (Å²) >= 11 is 0. The normalized spacial score (nSPS) is 10.3. The second kappa shape index (κ2) is 7.44. The molecule has 0 bridgehead atoms. The molecule has 1 N–H and O–H groups in total. The Hall–Kier alpha value is -3.41. The van der Waals surface area contributed by atoms with Crippen molar-refractivity contribution < 1.29 is 9.53 Å². The maximum absolute atomic E-state index is 12.2. The van der Waals surface area contributed by atoms with Gasteiger partial charge in [0.05, 0.1) is 0 Å². The molecule has 0 radical (unpaired) electrons. The zero-order valence-corrected chi connectivity index (χ0v) is 13.7. The summed E-state index contributed by atoms with van der Waals surface area (Å²) in [6, 6.07) is 15.8. The monoisotopic (exact) mass is 335 g/mol. The van der Waals surface area contributed by atoms with Crippen molar-refractivity contribution in [1.29, 1.82) is 0 Å². The van der Waals surface area contributed by atoms with Crippen molar-refractivity contribution in [2.75, 3.05) is 0 Å². The predicted octanol–water partition coefficient (Wildman–Crippen LogP) is 2.50. The molecule has 0 fully saturated rings. The topological polar surface area (TPSA) is 73.2 Å². The minimum absolute atomic E-state index is 0.227. The fraction of sp³-hybridized carbons (Fsp3) is 0.105. The van der Waals surface area contributed by atoms with Crippen molar-refractivity contribution >= 4 is 5.91 Å². The van der Waals surface area contributed by atoms with E-state index in [0.717, 1.165) is 5.56 Å². The number of rotatable bonds is 5. The second-order valence-electron chi connectivity index (χ2n) is 5.46. The summed E-state index contributed by atoms with van der Waals surface area (Å²) in [5.74, 6) is 0.836. The molecule has 3 rings (SSSR count). The molecule has 0 aliphatic carbocycles. The molecule has 25 heavy (non-hydrogen) atoms. The number of carbonyl (C=O) groups is 1. The highest BCUT2D eigenvalue weighted by Gasteiger charge is 2.07. The lowest BCUT2D eigenvalue weighted by molar-refractivity contribution is 0.0950. The number of nitrogens with zero attached hydrogens (tertiary/aromatic N) is 2. The van der Waals surface area contributed by atoms with Crippen LogP contribution in [0.25, 0.3) is 0 Å². The number of benzene rings is 1. The van der Waals surface area contributed by atoms with Crippen LogP contribution in [-0.2, 0) is 13.6 Å². The van der Waals surface area contributed by atoms with E-state index >= 15 is 0 Å². The third kappa shape index (κ3) is 4.32. The molecule has 2 heterocycles. The molecule has 1 aromatic carbocycles. The van der Waals surface area contributed by atoms with Gasteiger partial charge in [-0.05, 0) is 29.8 Å². The molecule has 0 aliphatic rings. The van der Waals surface area contributed by atoms with E-state index in [1.54, 1.807) is 37.6 Å². The minimum atomic E-state index is -0.306. The van der Waals surface area contributed by atoms with Crippen LogP contribution >= 0.6 is 0 Å². The third-order valence-corrected chi connectivity index (χ3v) is 3.58. The van der Waals surface area contributed by atoms with Gasteiger partial charge in [0.2, 0.25) is 5.88 Å². The Morgan fingerprint density at radius 2 is 1.96 bits per heavy atom. The number of para-hydroxylation sites is 1. The quantitative estimate of drug-likeness (QED) is 0.777. The SMILES string of the molecule is Cn1ccc(C(=O)NCc2ccnc(Oc3ccccc3)c2)cc1=O. The van der Waals surface area contributed by atoms with Crippen molar-refractivity contribution in [2.24, 2.45) is 7.05 Å². The van der Waals surface area contributed by atoms with Crippen LogP contribution in [0, 0.1) is 0 Å². The zero-order chi connectivity index (χ0) is 17.6. The number of hydrogen-bond acceptors (Lipinski definition) is 4. The van der Waals surface area contributed by atoms with Crippen LogP contribution in [-0.4, -0.2) is 15.5 Å². The number of amides is 1. The standard InChI is InChI=1S/C19H17N3O3/c1-22-10-8-15(12-18(22)23)19(24)21-13-14-7-9-20-17(11-14)25-16-5-3-2-4-6-16/h2-12H,13H2,1H3,(H,21,24). The highest BCUT2D eigenvalue weighted by molar-refractivity contribution is 5.93.